The normalized spacial score (nSPS) is 15.8. The molecule has 2 aromatic rings. The Balaban J connectivity index is 1.72. The van der Waals surface area contributed by atoms with Crippen molar-refractivity contribution in [2.24, 2.45) is 0 Å². The lowest BCUT2D eigenvalue weighted by Crippen LogP contribution is -2.35. The molecule has 1 atom stereocenters. The van der Waals surface area contributed by atoms with Crippen molar-refractivity contribution >= 4 is 34.4 Å². The molecule has 0 saturated heterocycles. The number of sulfonamides is 1. The first-order valence-electron chi connectivity index (χ1n) is 9.86. The number of alkyl carbamates (subject to hydrolysis) is 1. The van der Waals surface area contributed by atoms with Crippen molar-refractivity contribution in [3.63, 3.8) is 0 Å². The first-order chi connectivity index (χ1) is 15.3. The van der Waals surface area contributed by atoms with Gasteiger partial charge >= 0.3 is 19.8 Å². The summed E-state index contributed by atoms with van der Waals surface area (Å²) in [5.41, 5.74) is 0.335. The van der Waals surface area contributed by atoms with E-state index in [-0.39, 0.29) is 22.9 Å². The molecule has 1 amide bonds. The second kappa shape index (κ2) is 9.53. The summed E-state index contributed by atoms with van der Waals surface area (Å²) in [5.74, 6) is -0.300. The summed E-state index contributed by atoms with van der Waals surface area (Å²) < 4.78 is 67.3. The third-order valence-corrected chi connectivity index (χ3v) is 5.80. The maximum absolute atomic E-state index is 12.7. The molecule has 0 aliphatic carbocycles. The van der Waals surface area contributed by atoms with E-state index in [1.165, 1.54) is 30.3 Å². The minimum absolute atomic E-state index is 0.0287. The Hall–Kier alpha value is -2.90. The van der Waals surface area contributed by atoms with Gasteiger partial charge < -0.3 is 24.5 Å². The molecular formula is C20H23BF2N2O7S. The third-order valence-electron chi connectivity index (χ3n) is 4.42. The standard InChI is InChI=1S/C20H23BF2N2O7S/c1-20(2,3)31-19(26)24-11-17-15-8-7-12(9-16(15)21(27)32-17)25-33(28,29)14-6-4-5-13(10-14)30-18(22)23/h4-10,17-18,25,27H,11H2,1-3H3,(H,24,26). The van der Waals surface area contributed by atoms with Crippen molar-refractivity contribution in [3.8, 4) is 5.75 Å². The van der Waals surface area contributed by atoms with Gasteiger partial charge in [-0.3, -0.25) is 4.72 Å². The molecule has 13 heteroatoms. The van der Waals surface area contributed by atoms with Crippen LogP contribution in [0.2, 0.25) is 0 Å². The Labute approximate surface area is 190 Å². The zero-order valence-electron chi connectivity index (χ0n) is 18.0. The molecule has 3 rings (SSSR count). The molecule has 2 aromatic carbocycles. The molecule has 0 bridgehead atoms. The van der Waals surface area contributed by atoms with Crippen molar-refractivity contribution in [1.82, 2.24) is 5.32 Å². The second-order valence-corrected chi connectivity index (χ2v) is 9.84. The Morgan fingerprint density at radius 2 is 1.97 bits per heavy atom. The van der Waals surface area contributed by atoms with E-state index in [1.54, 1.807) is 26.8 Å². The zero-order chi connectivity index (χ0) is 24.4. The van der Waals surface area contributed by atoms with Crippen molar-refractivity contribution in [2.75, 3.05) is 11.3 Å². The Kier molecular flexibility index (Phi) is 7.15. The van der Waals surface area contributed by atoms with Crippen molar-refractivity contribution in [3.05, 3.63) is 48.0 Å². The van der Waals surface area contributed by atoms with Gasteiger partial charge in [0.1, 0.15) is 11.4 Å². The lowest BCUT2D eigenvalue weighted by Gasteiger charge is -2.21. The van der Waals surface area contributed by atoms with Gasteiger partial charge in [-0.1, -0.05) is 12.1 Å². The molecule has 1 heterocycles. The number of anilines is 1. The van der Waals surface area contributed by atoms with Crippen molar-refractivity contribution in [2.45, 2.75) is 44.0 Å². The highest BCUT2D eigenvalue weighted by Gasteiger charge is 2.36. The first-order valence-corrected chi connectivity index (χ1v) is 11.3. The minimum Gasteiger partial charge on any atom is -0.444 e. The van der Waals surface area contributed by atoms with Crippen LogP contribution in [0.25, 0.3) is 0 Å². The van der Waals surface area contributed by atoms with Crippen LogP contribution >= 0.6 is 0 Å². The quantitative estimate of drug-likeness (QED) is 0.516. The number of rotatable bonds is 7. The summed E-state index contributed by atoms with van der Waals surface area (Å²) in [7, 11) is -5.47. The van der Waals surface area contributed by atoms with Crippen molar-refractivity contribution in [1.29, 1.82) is 0 Å². The van der Waals surface area contributed by atoms with E-state index >= 15 is 0 Å². The molecule has 1 unspecified atom stereocenters. The molecule has 0 saturated carbocycles. The lowest BCUT2D eigenvalue weighted by molar-refractivity contribution is -0.0500. The van der Waals surface area contributed by atoms with Crippen LogP contribution in [0.3, 0.4) is 0 Å². The van der Waals surface area contributed by atoms with Crippen LogP contribution in [0.1, 0.15) is 32.4 Å². The van der Waals surface area contributed by atoms with Gasteiger partial charge in [0.2, 0.25) is 0 Å². The van der Waals surface area contributed by atoms with Gasteiger partial charge in [-0.25, -0.2) is 13.2 Å². The SMILES string of the molecule is CC(C)(C)OC(=O)NCC1OB(O)c2cc(NS(=O)(=O)c3cccc(OC(F)F)c3)ccc21. The maximum Gasteiger partial charge on any atom is 0.492 e. The first kappa shape index (κ1) is 24.7. The summed E-state index contributed by atoms with van der Waals surface area (Å²) in [6, 6.07) is 9.08. The van der Waals surface area contributed by atoms with E-state index in [0.29, 0.717) is 11.0 Å². The number of amides is 1. The van der Waals surface area contributed by atoms with Crippen LogP contribution in [0.15, 0.2) is 47.4 Å². The van der Waals surface area contributed by atoms with E-state index in [2.05, 4.69) is 14.8 Å². The Morgan fingerprint density at radius 3 is 2.64 bits per heavy atom. The van der Waals surface area contributed by atoms with Crippen molar-refractivity contribution < 1.29 is 41.1 Å². The molecule has 1 aliphatic rings. The molecule has 9 nitrogen and oxygen atoms in total. The van der Waals surface area contributed by atoms with Crippen LogP contribution in [0.4, 0.5) is 19.3 Å². The second-order valence-electron chi connectivity index (χ2n) is 8.16. The van der Waals surface area contributed by atoms with E-state index in [4.69, 9.17) is 9.39 Å². The largest absolute Gasteiger partial charge is 0.492 e. The van der Waals surface area contributed by atoms with Crippen LogP contribution in [-0.4, -0.2) is 45.4 Å². The fourth-order valence-electron chi connectivity index (χ4n) is 3.13. The molecule has 0 radical (unpaired) electrons. The van der Waals surface area contributed by atoms with Crippen LogP contribution in [0.5, 0.6) is 5.75 Å². The topological polar surface area (TPSA) is 123 Å². The number of ether oxygens (including phenoxy) is 2. The number of fused-ring (bicyclic) bond motifs is 1. The monoisotopic (exact) mass is 484 g/mol. The van der Waals surface area contributed by atoms with E-state index in [0.717, 1.165) is 6.07 Å². The Morgan fingerprint density at radius 1 is 1.24 bits per heavy atom. The highest BCUT2D eigenvalue weighted by Crippen LogP contribution is 2.27. The highest BCUT2D eigenvalue weighted by atomic mass is 32.2. The number of benzene rings is 2. The summed E-state index contributed by atoms with van der Waals surface area (Å²) >= 11 is 0. The van der Waals surface area contributed by atoms with E-state index in [1.807, 2.05) is 0 Å². The molecule has 0 aromatic heterocycles. The third kappa shape index (κ3) is 6.56. The molecule has 3 N–H and O–H groups in total. The maximum atomic E-state index is 12.7. The summed E-state index contributed by atoms with van der Waals surface area (Å²) in [4.78, 5) is 11.6. The number of carbonyl (C=O) groups excluding carboxylic acids is 1. The molecular weight excluding hydrogens is 461 g/mol. The fraction of sp³-hybridized carbons (Fsp3) is 0.350. The average molecular weight is 484 g/mol. The number of nitrogens with one attached hydrogen (secondary N) is 2. The Bertz CT molecular complexity index is 1130. The minimum atomic E-state index is -4.13. The average Bonchev–Trinajstić information content (AvgIpc) is 3.00. The predicted octanol–water partition coefficient (Wildman–Crippen LogP) is 2.37. The van der Waals surface area contributed by atoms with Gasteiger partial charge in [0.05, 0.1) is 11.0 Å². The molecule has 1 aliphatic heterocycles. The predicted molar refractivity (Wildman–Crippen MR) is 116 cm³/mol. The van der Waals surface area contributed by atoms with Gasteiger partial charge in [0.25, 0.3) is 10.0 Å². The summed E-state index contributed by atoms with van der Waals surface area (Å²) in [6.45, 7) is 2.11. The van der Waals surface area contributed by atoms with Gasteiger partial charge in [-0.2, -0.15) is 8.78 Å². The van der Waals surface area contributed by atoms with Crippen LogP contribution < -0.4 is 20.2 Å². The summed E-state index contributed by atoms with van der Waals surface area (Å²) in [5, 5.41) is 12.8. The van der Waals surface area contributed by atoms with Gasteiger partial charge in [0, 0.05) is 18.3 Å². The van der Waals surface area contributed by atoms with Crippen LogP contribution in [-0.2, 0) is 19.4 Å². The van der Waals surface area contributed by atoms with Gasteiger partial charge in [0.15, 0.2) is 0 Å². The van der Waals surface area contributed by atoms with Gasteiger partial charge in [-0.05, 0) is 56.1 Å². The number of halogens is 2. The molecule has 178 valence electrons. The molecule has 0 fully saturated rings. The number of hydrogen-bond acceptors (Lipinski definition) is 7. The number of carbonyl (C=O) groups is 1. The zero-order valence-corrected chi connectivity index (χ0v) is 18.9. The summed E-state index contributed by atoms with van der Waals surface area (Å²) in [6.07, 6.45) is -1.31. The smallest absolute Gasteiger partial charge is 0.444 e. The van der Waals surface area contributed by atoms with E-state index < -0.39 is 41.6 Å². The fourth-order valence-corrected chi connectivity index (χ4v) is 4.21. The highest BCUT2D eigenvalue weighted by molar-refractivity contribution is 7.92. The number of alkyl halides is 2. The number of hydrogen-bond donors (Lipinski definition) is 3. The molecule has 33 heavy (non-hydrogen) atoms. The van der Waals surface area contributed by atoms with Crippen LogP contribution in [0, 0.1) is 0 Å². The lowest BCUT2D eigenvalue weighted by atomic mass is 9.79. The van der Waals surface area contributed by atoms with E-state index in [9.17, 15) is 27.0 Å². The van der Waals surface area contributed by atoms with Gasteiger partial charge in [-0.15, -0.1) is 0 Å². The molecule has 0 spiro atoms.